The van der Waals surface area contributed by atoms with Gasteiger partial charge in [0, 0.05) is 44.0 Å². The summed E-state index contributed by atoms with van der Waals surface area (Å²) in [5, 5.41) is 0. The van der Waals surface area contributed by atoms with Crippen molar-refractivity contribution in [3.63, 3.8) is 0 Å². The molecule has 0 bridgehead atoms. The van der Waals surface area contributed by atoms with Crippen molar-refractivity contribution in [1.29, 1.82) is 0 Å². The summed E-state index contributed by atoms with van der Waals surface area (Å²) in [6.45, 7) is 11.8. The number of hydrogen-bond donors (Lipinski definition) is 0. The number of benzene rings is 2. The second kappa shape index (κ2) is 9.89. The lowest BCUT2D eigenvalue weighted by atomic mass is 9.89. The third-order valence-electron chi connectivity index (χ3n) is 5.48. The first kappa shape index (κ1) is 21.3. The minimum atomic E-state index is 0.178. The highest BCUT2D eigenvalue weighted by molar-refractivity contribution is 6.08. The zero-order valence-corrected chi connectivity index (χ0v) is 18.1. The van der Waals surface area contributed by atoms with Crippen LogP contribution in [0.15, 0.2) is 72.3 Å². The first-order valence-electron chi connectivity index (χ1n) is 10.7. The Morgan fingerprint density at radius 3 is 2.07 bits per heavy atom. The Bertz CT molecular complexity index is 798. The molecule has 0 unspecified atom stereocenters. The summed E-state index contributed by atoms with van der Waals surface area (Å²) < 4.78 is 0. The smallest absolute Gasteiger partial charge is 0.188 e. The number of Topliss-reactive ketones (excluding diaryl/α,β-unsaturated/α-hetero) is 1. The minimum absolute atomic E-state index is 0.178. The van der Waals surface area contributed by atoms with Gasteiger partial charge in [-0.15, -0.1) is 0 Å². The molecule has 0 radical (unpaired) electrons. The fraction of sp³-hybridized carbons (Fsp3) is 0.423. The Kier molecular flexibility index (Phi) is 7.27. The molecule has 0 amide bonds. The number of rotatable bonds is 7. The van der Waals surface area contributed by atoms with Crippen molar-refractivity contribution in [3.8, 4) is 0 Å². The molecule has 0 spiro atoms. The normalized spacial score (nSPS) is 16.1. The molecule has 3 nitrogen and oxygen atoms in total. The summed E-state index contributed by atoms with van der Waals surface area (Å²) >= 11 is 0. The second-order valence-corrected chi connectivity index (χ2v) is 9.10. The van der Waals surface area contributed by atoms with Crippen molar-refractivity contribution in [2.24, 2.45) is 5.41 Å². The monoisotopic (exact) mass is 390 g/mol. The molecule has 0 saturated carbocycles. The van der Waals surface area contributed by atoms with Crippen molar-refractivity contribution in [2.75, 3.05) is 37.6 Å². The number of carbonyl (C=O) groups excluding carboxylic acids is 1. The van der Waals surface area contributed by atoms with Crippen molar-refractivity contribution in [1.82, 2.24) is 4.90 Å². The topological polar surface area (TPSA) is 23.6 Å². The number of para-hydroxylation sites is 1. The van der Waals surface area contributed by atoms with E-state index in [1.165, 1.54) is 5.69 Å². The molecular formula is C26H34N2O. The van der Waals surface area contributed by atoms with Crippen LogP contribution in [0.3, 0.4) is 0 Å². The van der Waals surface area contributed by atoms with Gasteiger partial charge in [-0.1, -0.05) is 75.4 Å². The van der Waals surface area contributed by atoms with Crippen LogP contribution in [-0.4, -0.2) is 43.4 Å². The fourth-order valence-electron chi connectivity index (χ4n) is 3.66. The van der Waals surface area contributed by atoms with E-state index in [4.69, 9.17) is 0 Å². The molecule has 3 heteroatoms. The van der Waals surface area contributed by atoms with E-state index >= 15 is 0 Å². The largest absolute Gasteiger partial charge is 0.369 e. The van der Waals surface area contributed by atoms with Gasteiger partial charge in [-0.2, -0.15) is 0 Å². The number of anilines is 1. The maximum atomic E-state index is 13.1. The molecule has 1 aliphatic rings. The maximum absolute atomic E-state index is 13.1. The van der Waals surface area contributed by atoms with Crippen LogP contribution in [0.25, 0.3) is 0 Å². The van der Waals surface area contributed by atoms with Crippen LogP contribution >= 0.6 is 0 Å². The third kappa shape index (κ3) is 6.57. The van der Waals surface area contributed by atoms with Crippen LogP contribution in [0, 0.1) is 5.41 Å². The van der Waals surface area contributed by atoms with Crippen LogP contribution in [0.2, 0.25) is 0 Å². The van der Waals surface area contributed by atoms with E-state index in [2.05, 4.69) is 67.0 Å². The number of piperazine rings is 1. The number of hydrogen-bond acceptors (Lipinski definition) is 3. The van der Waals surface area contributed by atoms with E-state index in [9.17, 15) is 4.79 Å². The average Bonchev–Trinajstić information content (AvgIpc) is 2.74. The highest BCUT2D eigenvalue weighted by Gasteiger charge is 2.19. The van der Waals surface area contributed by atoms with Crippen LogP contribution in [0.1, 0.15) is 44.0 Å². The van der Waals surface area contributed by atoms with Gasteiger partial charge >= 0.3 is 0 Å². The lowest BCUT2D eigenvalue weighted by Gasteiger charge is -2.36. The molecule has 1 aliphatic heterocycles. The molecule has 1 fully saturated rings. The van der Waals surface area contributed by atoms with Crippen LogP contribution in [-0.2, 0) is 0 Å². The van der Waals surface area contributed by atoms with E-state index in [1.807, 2.05) is 30.3 Å². The summed E-state index contributed by atoms with van der Waals surface area (Å²) in [6.07, 6.45) is 3.91. The van der Waals surface area contributed by atoms with E-state index in [0.29, 0.717) is 0 Å². The standard InChI is InChI=1S/C26H34N2O/c1-26(2,3)16-14-23(25(29)22-10-6-4-7-11-22)15-17-27-18-20-28(21-19-27)24-12-8-5-9-13-24/h4-14H,15-21H2,1-3H3/b23-14+. The van der Waals surface area contributed by atoms with Gasteiger partial charge < -0.3 is 4.90 Å². The summed E-state index contributed by atoms with van der Waals surface area (Å²) in [7, 11) is 0. The van der Waals surface area contributed by atoms with E-state index in [-0.39, 0.29) is 11.2 Å². The molecule has 0 atom stereocenters. The second-order valence-electron chi connectivity index (χ2n) is 9.10. The summed E-state index contributed by atoms with van der Waals surface area (Å²) in [6, 6.07) is 20.3. The van der Waals surface area contributed by atoms with E-state index in [0.717, 1.165) is 56.7 Å². The van der Waals surface area contributed by atoms with Crippen molar-refractivity contribution >= 4 is 11.5 Å². The van der Waals surface area contributed by atoms with Crippen molar-refractivity contribution in [3.05, 3.63) is 77.9 Å². The lowest BCUT2D eigenvalue weighted by Crippen LogP contribution is -2.46. The van der Waals surface area contributed by atoms with E-state index < -0.39 is 0 Å². The Labute approximate surface area is 176 Å². The zero-order valence-electron chi connectivity index (χ0n) is 18.1. The quantitative estimate of drug-likeness (QED) is 0.464. The Morgan fingerprint density at radius 2 is 1.48 bits per heavy atom. The predicted octanol–water partition coefficient (Wildman–Crippen LogP) is 5.44. The van der Waals surface area contributed by atoms with E-state index in [1.54, 1.807) is 0 Å². The number of nitrogens with zero attached hydrogens (tertiary/aromatic N) is 2. The molecule has 1 saturated heterocycles. The average molecular weight is 391 g/mol. The molecule has 2 aromatic rings. The first-order chi connectivity index (χ1) is 13.9. The molecule has 1 heterocycles. The Hall–Kier alpha value is -2.39. The molecular weight excluding hydrogens is 356 g/mol. The highest BCUT2D eigenvalue weighted by Crippen LogP contribution is 2.23. The SMILES string of the molecule is CC(C)(C)C/C=C(\CCN1CCN(c2ccccc2)CC1)C(=O)c1ccccc1. The number of carbonyl (C=O) groups is 1. The Balaban J connectivity index is 1.59. The predicted molar refractivity (Wildman–Crippen MR) is 123 cm³/mol. The van der Waals surface area contributed by atoms with Crippen molar-refractivity contribution < 1.29 is 4.79 Å². The maximum Gasteiger partial charge on any atom is 0.188 e. The lowest BCUT2D eigenvalue weighted by molar-refractivity contribution is 0.102. The molecule has 3 rings (SSSR count). The molecule has 0 N–H and O–H groups in total. The van der Waals surface area contributed by atoms with Crippen molar-refractivity contribution in [2.45, 2.75) is 33.6 Å². The Morgan fingerprint density at radius 1 is 0.897 bits per heavy atom. The van der Waals surface area contributed by atoms with Gasteiger partial charge in [0.25, 0.3) is 0 Å². The molecule has 2 aromatic carbocycles. The van der Waals surface area contributed by atoms with Gasteiger partial charge in [0.15, 0.2) is 5.78 Å². The van der Waals surface area contributed by atoms with Crippen LogP contribution < -0.4 is 4.90 Å². The third-order valence-corrected chi connectivity index (χ3v) is 5.48. The summed E-state index contributed by atoms with van der Waals surface area (Å²) in [5.74, 6) is 0.178. The minimum Gasteiger partial charge on any atom is -0.369 e. The van der Waals surface area contributed by atoms with Gasteiger partial charge in [-0.3, -0.25) is 9.69 Å². The van der Waals surface area contributed by atoms with Gasteiger partial charge in [0.05, 0.1) is 0 Å². The molecule has 29 heavy (non-hydrogen) atoms. The molecule has 0 aliphatic carbocycles. The zero-order chi connectivity index (χ0) is 20.7. The van der Waals surface area contributed by atoms with Gasteiger partial charge in [-0.05, 0) is 36.0 Å². The summed E-state index contributed by atoms with van der Waals surface area (Å²) in [5.41, 5.74) is 3.24. The number of ketones is 1. The molecule has 0 aromatic heterocycles. The molecule has 154 valence electrons. The number of allylic oxidation sites excluding steroid dienone is 1. The first-order valence-corrected chi connectivity index (χ1v) is 10.7. The van der Waals surface area contributed by atoms with Crippen LogP contribution in [0.5, 0.6) is 0 Å². The van der Waals surface area contributed by atoms with Gasteiger partial charge in [-0.25, -0.2) is 0 Å². The fourth-order valence-corrected chi connectivity index (χ4v) is 3.66. The summed E-state index contributed by atoms with van der Waals surface area (Å²) in [4.78, 5) is 18.0. The van der Waals surface area contributed by atoms with Gasteiger partial charge in [0.1, 0.15) is 0 Å². The highest BCUT2D eigenvalue weighted by atomic mass is 16.1. The van der Waals surface area contributed by atoms with Gasteiger partial charge in [0.2, 0.25) is 0 Å². The van der Waals surface area contributed by atoms with Crippen LogP contribution in [0.4, 0.5) is 5.69 Å².